The third kappa shape index (κ3) is 5.22. The molecule has 2 amide bonds. The molecule has 0 unspecified atom stereocenters. The lowest BCUT2D eigenvalue weighted by molar-refractivity contribution is -0.138. The van der Waals surface area contributed by atoms with Gasteiger partial charge in [-0.1, -0.05) is 48.5 Å². The Hall–Kier alpha value is -3.68. The number of alkyl halides is 3. The van der Waals surface area contributed by atoms with Crippen LogP contribution in [0.2, 0.25) is 0 Å². The van der Waals surface area contributed by atoms with E-state index in [1.165, 1.54) is 23.1 Å². The summed E-state index contributed by atoms with van der Waals surface area (Å²) in [6.07, 6.45) is -3.54. The Kier molecular flexibility index (Phi) is 6.44. The Balaban J connectivity index is 1.41. The maximum absolute atomic E-state index is 13.3. The first-order chi connectivity index (χ1) is 15.8. The van der Waals surface area contributed by atoms with E-state index in [1.807, 2.05) is 30.3 Å². The summed E-state index contributed by atoms with van der Waals surface area (Å²) in [7, 11) is 0. The molecule has 0 spiro atoms. The molecule has 1 aliphatic heterocycles. The average molecular weight is 453 g/mol. The fourth-order valence-electron chi connectivity index (χ4n) is 3.86. The van der Waals surface area contributed by atoms with Crippen molar-refractivity contribution in [1.82, 2.24) is 15.2 Å². The van der Waals surface area contributed by atoms with Crippen LogP contribution < -0.4 is 5.32 Å². The second-order valence-corrected chi connectivity index (χ2v) is 7.81. The van der Waals surface area contributed by atoms with Crippen molar-refractivity contribution in [2.45, 2.75) is 25.6 Å². The van der Waals surface area contributed by atoms with Crippen molar-refractivity contribution in [3.05, 3.63) is 100 Å². The molecule has 0 saturated heterocycles. The van der Waals surface area contributed by atoms with Crippen molar-refractivity contribution in [2.75, 3.05) is 13.1 Å². The van der Waals surface area contributed by atoms with Gasteiger partial charge in [0.1, 0.15) is 5.69 Å². The van der Waals surface area contributed by atoms with E-state index in [0.29, 0.717) is 25.1 Å². The predicted molar refractivity (Wildman–Crippen MR) is 117 cm³/mol. The molecule has 8 heteroatoms. The minimum Gasteiger partial charge on any atom is -0.350 e. The van der Waals surface area contributed by atoms with Crippen molar-refractivity contribution in [3.63, 3.8) is 0 Å². The molecule has 0 bridgehead atoms. The SMILES string of the molecule is O=C(NCCc1ccccc1)c1ccc2c(n1)CCN(C(=O)c1ccccc1C(F)(F)F)C2. The average Bonchev–Trinajstić information content (AvgIpc) is 2.83. The van der Waals surface area contributed by atoms with Crippen LogP contribution in [0.25, 0.3) is 0 Å². The smallest absolute Gasteiger partial charge is 0.350 e. The summed E-state index contributed by atoms with van der Waals surface area (Å²) in [5, 5.41) is 2.85. The molecule has 0 saturated carbocycles. The molecule has 0 aliphatic carbocycles. The van der Waals surface area contributed by atoms with E-state index in [1.54, 1.807) is 12.1 Å². The van der Waals surface area contributed by atoms with Crippen LogP contribution in [0, 0.1) is 0 Å². The number of pyridine rings is 1. The van der Waals surface area contributed by atoms with Crippen LogP contribution in [-0.2, 0) is 25.6 Å². The number of nitrogens with zero attached hydrogens (tertiary/aromatic N) is 2. The summed E-state index contributed by atoms with van der Waals surface area (Å²) in [6.45, 7) is 0.843. The highest BCUT2D eigenvalue weighted by atomic mass is 19.4. The highest BCUT2D eigenvalue weighted by Crippen LogP contribution is 2.33. The number of aromatic nitrogens is 1. The summed E-state index contributed by atoms with van der Waals surface area (Å²) in [5.41, 5.74) is 1.49. The minimum absolute atomic E-state index is 0.142. The van der Waals surface area contributed by atoms with Gasteiger partial charge >= 0.3 is 6.18 Å². The molecule has 1 aliphatic rings. The molecule has 0 atom stereocenters. The zero-order valence-electron chi connectivity index (χ0n) is 17.7. The first-order valence-electron chi connectivity index (χ1n) is 10.6. The van der Waals surface area contributed by atoms with Crippen molar-refractivity contribution >= 4 is 11.8 Å². The molecular weight excluding hydrogens is 431 g/mol. The first kappa shape index (κ1) is 22.5. The fourth-order valence-corrected chi connectivity index (χ4v) is 3.86. The summed E-state index contributed by atoms with van der Waals surface area (Å²) >= 11 is 0. The molecule has 5 nitrogen and oxygen atoms in total. The van der Waals surface area contributed by atoms with Crippen LogP contribution in [0.5, 0.6) is 0 Å². The quantitative estimate of drug-likeness (QED) is 0.628. The monoisotopic (exact) mass is 453 g/mol. The number of rotatable bonds is 5. The van der Waals surface area contributed by atoms with Crippen molar-refractivity contribution in [3.8, 4) is 0 Å². The van der Waals surface area contributed by atoms with Gasteiger partial charge in [0.05, 0.1) is 11.1 Å². The van der Waals surface area contributed by atoms with Gasteiger partial charge in [-0.15, -0.1) is 0 Å². The highest BCUT2D eigenvalue weighted by molar-refractivity contribution is 5.96. The van der Waals surface area contributed by atoms with E-state index in [-0.39, 0.29) is 30.3 Å². The molecule has 0 fully saturated rings. The topological polar surface area (TPSA) is 62.3 Å². The zero-order valence-corrected chi connectivity index (χ0v) is 17.7. The van der Waals surface area contributed by atoms with Crippen LogP contribution >= 0.6 is 0 Å². The van der Waals surface area contributed by atoms with E-state index >= 15 is 0 Å². The molecule has 2 heterocycles. The maximum Gasteiger partial charge on any atom is 0.417 e. The standard InChI is InChI=1S/C25H22F3N3O2/c26-25(27,28)20-9-5-4-8-19(20)24(33)31-15-13-21-18(16-31)10-11-22(30-21)23(32)29-14-12-17-6-2-1-3-7-17/h1-11H,12-16H2,(H,29,32). The van der Waals surface area contributed by atoms with Crippen molar-refractivity contribution in [1.29, 1.82) is 0 Å². The van der Waals surface area contributed by atoms with Gasteiger partial charge in [0.15, 0.2) is 0 Å². The fraction of sp³-hybridized carbons (Fsp3) is 0.240. The van der Waals surface area contributed by atoms with Gasteiger partial charge in [-0.25, -0.2) is 4.98 Å². The number of carbonyl (C=O) groups is 2. The third-order valence-corrected chi connectivity index (χ3v) is 5.57. The van der Waals surface area contributed by atoms with Gasteiger partial charge in [0.25, 0.3) is 11.8 Å². The summed E-state index contributed by atoms with van der Waals surface area (Å²) in [4.78, 5) is 31.1. The Labute approximate surface area is 189 Å². The highest BCUT2D eigenvalue weighted by Gasteiger charge is 2.36. The van der Waals surface area contributed by atoms with Gasteiger partial charge in [0.2, 0.25) is 0 Å². The number of carbonyl (C=O) groups excluding carboxylic acids is 2. The van der Waals surface area contributed by atoms with Gasteiger partial charge < -0.3 is 10.2 Å². The van der Waals surface area contributed by atoms with Gasteiger partial charge in [-0.3, -0.25) is 9.59 Å². The third-order valence-electron chi connectivity index (χ3n) is 5.57. The number of nitrogens with one attached hydrogen (secondary N) is 1. The van der Waals surface area contributed by atoms with Crippen molar-refractivity contribution in [2.24, 2.45) is 0 Å². The summed E-state index contributed by atoms with van der Waals surface area (Å²) in [6, 6.07) is 17.9. The van der Waals surface area contributed by atoms with Crippen LogP contribution in [0.15, 0.2) is 66.7 Å². The van der Waals surface area contributed by atoms with E-state index in [0.717, 1.165) is 17.2 Å². The number of hydrogen-bond acceptors (Lipinski definition) is 3. The van der Waals surface area contributed by atoms with Crippen LogP contribution in [0.3, 0.4) is 0 Å². The molecule has 4 rings (SSSR count). The first-order valence-corrected chi connectivity index (χ1v) is 10.6. The van der Waals surface area contributed by atoms with Gasteiger partial charge in [-0.05, 0) is 35.7 Å². The molecule has 170 valence electrons. The largest absolute Gasteiger partial charge is 0.417 e. The second-order valence-electron chi connectivity index (χ2n) is 7.81. The van der Waals surface area contributed by atoms with Crippen LogP contribution in [0.1, 0.15) is 43.2 Å². The van der Waals surface area contributed by atoms with Gasteiger partial charge in [0, 0.05) is 31.7 Å². The maximum atomic E-state index is 13.3. The molecule has 3 aromatic rings. The summed E-state index contributed by atoms with van der Waals surface area (Å²) < 4.78 is 39.9. The molecular formula is C25H22F3N3O2. The second kappa shape index (κ2) is 9.44. The Morgan fingerprint density at radius 3 is 2.45 bits per heavy atom. The molecule has 2 aromatic carbocycles. The lowest BCUT2D eigenvalue weighted by atomic mass is 10.0. The molecule has 1 N–H and O–H groups in total. The van der Waals surface area contributed by atoms with E-state index in [2.05, 4.69) is 10.3 Å². The van der Waals surface area contributed by atoms with Crippen LogP contribution in [-0.4, -0.2) is 34.8 Å². The Morgan fingerprint density at radius 1 is 0.970 bits per heavy atom. The molecule has 0 radical (unpaired) electrons. The molecule has 1 aromatic heterocycles. The van der Waals surface area contributed by atoms with E-state index in [9.17, 15) is 22.8 Å². The van der Waals surface area contributed by atoms with Gasteiger partial charge in [-0.2, -0.15) is 13.2 Å². The lowest BCUT2D eigenvalue weighted by Gasteiger charge is -2.29. The minimum atomic E-state index is -4.61. The number of benzene rings is 2. The van der Waals surface area contributed by atoms with E-state index in [4.69, 9.17) is 0 Å². The van der Waals surface area contributed by atoms with E-state index < -0.39 is 17.6 Å². The number of hydrogen-bond donors (Lipinski definition) is 1. The lowest BCUT2D eigenvalue weighted by Crippen LogP contribution is -2.37. The number of halogens is 3. The number of fused-ring (bicyclic) bond motifs is 1. The van der Waals surface area contributed by atoms with Crippen molar-refractivity contribution < 1.29 is 22.8 Å². The molecule has 33 heavy (non-hydrogen) atoms. The zero-order chi connectivity index (χ0) is 23.4. The summed E-state index contributed by atoms with van der Waals surface area (Å²) in [5.74, 6) is -0.956. The normalized spacial score (nSPS) is 13.4. The Bertz CT molecular complexity index is 1160. The predicted octanol–water partition coefficient (Wildman–Crippen LogP) is 4.27. The number of amides is 2. The van der Waals surface area contributed by atoms with Crippen LogP contribution in [0.4, 0.5) is 13.2 Å². The Morgan fingerprint density at radius 2 is 1.70 bits per heavy atom.